The summed E-state index contributed by atoms with van der Waals surface area (Å²) in [6.45, 7) is 4.45. The minimum Gasteiger partial charge on any atom is -0.339 e. The van der Waals surface area contributed by atoms with Crippen LogP contribution in [-0.4, -0.2) is 24.4 Å². The van der Waals surface area contributed by atoms with Crippen molar-refractivity contribution in [1.82, 2.24) is 4.90 Å². The Bertz CT molecular complexity index is 346. The molecule has 0 aliphatic rings. The van der Waals surface area contributed by atoms with Crippen LogP contribution in [-0.2, 0) is 4.79 Å². The van der Waals surface area contributed by atoms with Gasteiger partial charge in [-0.1, -0.05) is 37.3 Å². The fourth-order valence-corrected chi connectivity index (χ4v) is 1.88. The monoisotopic (exact) mass is 234 g/mol. The van der Waals surface area contributed by atoms with Gasteiger partial charge in [0.2, 0.25) is 5.91 Å². The molecule has 0 bridgehead atoms. The van der Waals surface area contributed by atoms with Crippen molar-refractivity contribution < 1.29 is 4.79 Å². The maximum Gasteiger partial charge on any atom is 0.227 e. The van der Waals surface area contributed by atoms with Crippen molar-refractivity contribution in [2.75, 3.05) is 13.6 Å². The van der Waals surface area contributed by atoms with E-state index in [4.69, 9.17) is 5.73 Å². The zero-order valence-electron chi connectivity index (χ0n) is 10.9. The summed E-state index contributed by atoms with van der Waals surface area (Å²) in [6, 6.07) is 10.1. The first-order chi connectivity index (χ1) is 8.11. The number of hydrogen-bond acceptors (Lipinski definition) is 2. The van der Waals surface area contributed by atoms with Crippen LogP contribution in [0.15, 0.2) is 30.3 Å². The van der Waals surface area contributed by atoms with Crippen molar-refractivity contribution in [3.05, 3.63) is 35.9 Å². The van der Waals surface area contributed by atoms with E-state index in [1.807, 2.05) is 51.2 Å². The van der Waals surface area contributed by atoms with E-state index >= 15 is 0 Å². The largest absolute Gasteiger partial charge is 0.339 e. The van der Waals surface area contributed by atoms with Crippen LogP contribution in [0.1, 0.15) is 31.9 Å². The molecule has 0 heterocycles. The average molecular weight is 234 g/mol. The third kappa shape index (κ3) is 3.30. The number of hydrogen-bond donors (Lipinski definition) is 1. The lowest BCUT2D eigenvalue weighted by Gasteiger charge is -2.28. The second-order valence-corrected chi connectivity index (χ2v) is 4.38. The molecule has 1 amide bonds. The molecule has 3 nitrogen and oxygen atoms in total. The normalized spacial score (nSPS) is 14.1. The summed E-state index contributed by atoms with van der Waals surface area (Å²) in [6.07, 6.45) is 0.793. The molecule has 0 aliphatic carbocycles. The number of nitrogens with two attached hydrogens (primary N) is 1. The smallest absolute Gasteiger partial charge is 0.227 e. The van der Waals surface area contributed by atoms with Gasteiger partial charge in [-0.15, -0.1) is 0 Å². The molecule has 0 aliphatic heterocycles. The van der Waals surface area contributed by atoms with Gasteiger partial charge < -0.3 is 10.6 Å². The van der Waals surface area contributed by atoms with Crippen molar-refractivity contribution in [2.24, 2.45) is 11.7 Å². The van der Waals surface area contributed by atoms with Crippen LogP contribution in [0.2, 0.25) is 0 Å². The molecule has 3 heteroatoms. The van der Waals surface area contributed by atoms with E-state index < -0.39 is 0 Å². The zero-order chi connectivity index (χ0) is 12.8. The fourth-order valence-electron chi connectivity index (χ4n) is 1.88. The summed E-state index contributed by atoms with van der Waals surface area (Å²) in [5.74, 6) is 0.0671. The summed E-state index contributed by atoms with van der Waals surface area (Å²) in [4.78, 5) is 14.0. The number of nitrogens with zero attached hydrogens (tertiary/aromatic N) is 1. The van der Waals surface area contributed by atoms with Crippen molar-refractivity contribution in [3.8, 4) is 0 Å². The molecule has 17 heavy (non-hydrogen) atoms. The predicted octanol–water partition coefficient (Wildman–Crippen LogP) is 2.19. The molecule has 1 aromatic rings. The molecule has 94 valence electrons. The molecule has 0 spiro atoms. The second kappa shape index (κ2) is 6.40. The van der Waals surface area contributed by atoms with Gasteiger partial charge >= 0.3 is 0 Å². The summed E-state index contributed by atoms with van der Waals surface area (Å²) >= 11 is 0. The van der Waals surface area contributed by atoms with Crippen molar-refractivity contribution >= 4 is 5.91 Å². The van der Waals surface area contributed by atoms with Crippen molar-refractivity contribution in [3.63, 3.8) is 0 Å². The number of carbonyl (C=O) groups excluding carboxylic acids is 1. The summed E-state index contributed by atoms with van der Waals surface area (Å²) < 4.78 is 0. The first-order valence-electron chi connectivity index (χ1n) is 6.13. The van der Waals surface area contributed by atoms with E-state index in [9.17, 15) is 4.79 Å². The van der Waals surface area contributed by atoms with Crippen LogP contribution >= 0.6 is 0 Å². The van der Waals surface area contributed by atoms with Crippen LogP contribution in [0.4, 0.5) is 0 Å². The third-order valence-electron chi connectivity index (χ3n) is 3.34. The highest BCUT2D eigenvalue weighted by Crippen LogP contribution is 2.20. The van der Waals surface area contributed by atoms with E-state index in [1.54, 1.807) is 4.90 Å². The minimum absolute atomic E-state index is 0.0637. The molecular formula is C14H22N2O. The summed E-state index contributed by atoms with van der Waals surface area (Å²) in [7, 11) is 1.85. The Balaban J connectivity index is 2.76. The number of rotatable bonds is 5. The summed E-state index contributed by atoms with van der Waals surface area (Å²) in [5.41, 5.74) is 6.76. The standard InChI is InChI=1S/C14H22N2O/c1-4-12(10-15)14(17)16(3)11(2)13-8-6-5-7-9-13/h5-9,11-12H,4,10,15H2,1-3H3. The molecule has 2 N–H and O–H groups in total. The minimum atomic E-state index is -0.0637. The van der Waals surface area contributed by atoms with Crippen LogP contribution in [0.5, 0.6) is 0 Å². The van der Waals surface area contributed by atoms with Crippen LogP contribution in [0.25, 0.3) is 0 Å². The molecule has 0 saturated heterocycles. The lowest BCUT2D eigenvalue weighted by Crippen LogP contribution is -2.37. The van der Waals surface area contributed by atoms with Gasteiger partial charge in [-0.25, -0.2) is 0 Å². The molecule has 0 radical (unpaired) electrons. The fraction of sp³-hybridized carbons (Fsp3) is 0.500. The molecule has 0 aromatic heterocycles. The van der Waals surface area contributed by atoms with Gasteiger partial charge in [0.05, 0.1) is 12.0 Å². The molecule has 1 rings (SSSR count). The second-order valence-electron chi connectivity index (χ2n) is 4.38. The molecule has 0 saturated carbocycles. The highest BCUT2D eigenvalue weighted by molar-refractivity contribution is 5.79. The van der Waals surface area contributed by atoms with E-state index in [0.717, 1.165) is 12.0 Å². The Kier molecular flexibility index (Phi) is 5.16. The van der Waals surface area contributed by atoms with Gasteiger partial charge in [0, 0.05) is 13.6 Å². The number of benzene rings is 1. The Morgan fingerprint density at radius 3 is 2.41 bits per heavy atom. The van der Waals surface area contributed by atoms with Crippen LogP contribution in [0.3, 0.4) is 0 Å². The third-order valence-corrected chi connectivity index (χ3v) is 3.34. The van der Waals surface area contributed by atoms with Gasteiger partial charge in [-0.3, -0.25) is 4.79 Å². The molecule has 2 unspecified atom stereocenters. The van der Waals surface area contributed by atoms with Gasteiger partial charge in [0.25, 0.3) is 0 Å². The summed E-state index contributed by atoms with van der Waals surface area (Å²) in [5, 5.41) is 0. The molecule has 1 aromatic carbocycles. The Morgan fingerprint density at radius 2 is 1.94 bits per heavy atom. The first kappa shape index (κ1) is 13.7. The van der Waals surface area contributed by atoms with E-state index in [1.165, 1.54) is 0 Å². The topological polar surface area (TPSA) is 46.3 Å². The Morgan fingerprint density at radius 1 is 1.35 bits per heavy atom. The SMILES string of the molecule is CCC(CN)C(=O)N(C)C(C)c1ccccc1. The van der Waals surface area contributed by atoms with Crippen LogP contribution in [0, 0.1) is 5.92 Å². The molecule has 2 atom stereocenters. The van der Waals surface area contributed by atoms with Gasteiger partial charge in [-0.2, -0.15) is 0 Å². The van der Waals surface area contributed by atoms with E-state index in [2.05, 4.69) is 0 Å². The zero-order valence-corrected chi connectivity index (χ0v) is 10.9. The van der Waals surface area contributed by atoms with Gasteiger partial charge in [-0.05, 0) is 18.9 Å². The van der Waals surface area contributed by atoms with Gasteiger partial charge in [0.1, 0.15) is 0 Å². The number of carbonyl (C=O) groups is 1. The Hall–Kier alpha value is -1.35. The van der Waals surface area contributed by atoms with Crippen molar-refractivity contribution in [2.45, 2.75) is 26.3 Å². The maximum absolute atomic E-state index is 12.2. The Labute approximate surface area is 104 Å². The molecule has 0 fully saturated rings. The highest BCUT2D eigenvalue weighted by Gasteiger charge is 2.23. The quantitative estimate of drug-likeness (QED) is 0.849. The highest BCUT2D eigenvalue weighted by atomic mass is 16.2. The van der Waals surface area contributed by atoms with Crippen molar-refractivity contribution in [1.29, 1.82) is 0 Å². The van der Waals surface area contributed by atoms with Gasteiger partial charge in [0.15, 0.2) is 0 Å². The predicted molar refractivity (Wildman–Crippen MR) is 70.5 cm³/mol. The number of amides is 1. The average Bonchev–Trinajstić information content (AvgIpc) is 2.39. The molecular weight excluding hydrogens is 212 g/mol. The van der Waals surface area contributed by atoms with Crippen LogP contribution < -0.4 is 5.73 Å². The lowest BCUT2D eigenvalue weighted by atomic mass is 10.0. The van der Waals surface area contributed by atoms with E-state index in [0.29, 0.717) is 6.54 Å². The van der Waals surface area contributed by atoms with E-state index in [-0.39, 0.29) is 17.9 Å². The lowest BCUT2D eigenvalue weighted by molar-refractivity contribution is -0.135. The first-order valence-corrected chi connectivity index (χ1v) is 6.13. The maximum atomic E-state index is 12.2.